The van der Waals surface area contributed by atoms with Crippen LogP contribution in [0.1, 0.15) is 17.3 Å². The summed E-state index contributed by atoms with van der Waals surface area (Å²) in [5, 5.41) is 0. The SMILES string of the molecule is Cc1ccc2nc(C)oc2c1.Cc1nc2ncccc2o1. The fourth-order valence-corrected chi connectivity index (χ4v) is 2.02. The summed E-state index contributed by atoms with van der Waals surface area (Å²) >= 11 is 0. The first-order valence-corrected chi connectivity index (χ1v) is 6.64. The van der Waals surface area contributed by atoms with Gasteiger partial charge in [-0.25, -0.2) is 9.97 Å². The van der Waals surface area contributed by atoms with Crippen molar-refractivity contribution in [2.45, 2.75) is 20.8 Å². The maximum absolute atomic E-state index is 5.34. The predicted octanol–water partition coefficient (Wildman–Crippen LogP) is 3.98. The van der Waals surface area contributed by atoms with Crippen LogP contribution in [0.25, 0.3) is 22.3 Å². The molecule has 0 atom stereocenters. The highest BCUT2D eigenvalue weighted by molar-refractivity contribution is 5.73. The van der Waals surface area contributed by atoms with Crippen LogP contribution >= 0.6 is 0 Å². The lowest BCUT2D eigenvalue weighted by Gasteiger charge is -1.87. The zero-order valence-electron chi connectivity index (χ0n) is 12.1. The number of oxazole rings is 2. The molecule has 5 nitrogen and oxygen atoms in total. The van der Waals surface area contributed by atoms with Gasteiger partial charge in [0.25, 0.3) is 0 Å². The Hall–Kier alpha value is -2.69. The molecule has 0 saturated heterocycles. The van der Waals surface area contributed by atoms with Gasteiger partial charge in [-0.05, 0) is 36.8 Å². The molecule has 0 bridgehead atoms. The van der Waals surface area contributed by atoms with Gasteiger partial charge in [-0.1, -0.05) is 6.07 Å². The van der Waals surface area contributed by atoms with Crippen LogP contribution in [0.4, 0.5) is 0 Å². The average Bonchev–Trinajstić information content (AvgIpc) is 2.99. The molecule has 0 amide bonds. The Bertz CT molecular complexity index is 860. The average molecular weight is 281 g/mol. The maximum atomic E-state index is 5.34. The second kappa shape index (κ2) is 5.36. The topological polar surface area (TPSA) is 65.0 Å². The summed E-state index contributed by atoms with van der Waals surface area (Å²) in [6.45, 7) is 5.70. The number of aromatic nitrogens is 3. The monoisotopic (exact) mass is 281 g/mol. The Labute approximate surface area is 121 Å². The van der Waals surface area contributed by atoms with Crippen molar-refractivity contribution < 1.29 is 8.83 Å². The molecule has 0 saturated carbocycles. The van der Waals surface area contributed by atoms with Gasteiger partial charge in [0.05, 0.1) is 0 Å². The van der Waals surface area contributed by atoms with Crippen LogP contribution in [0.2, 0.25) is 0 Å². The van der Waals surface area contributed by atoms with Crippen molar-refractivity contribution in [2.24, 2.45) is 0 Å². The molecule has 0 N–H and O–H groups in total. The summed E-state index contributed by atoms with van der Waals surface area (Å²) in [4.78, 5) is 12.2. The molecule has 1 aromatic carbocycles. The van der Waals surface area contributed by atoms with Gasteiger partial charge in [0, 0.05) is 20.0 Å². The molecule has 0 aliphatic heterocycles. The summed E-state index contributed by atoms with van der Waals surface area (Å²) in [6, 6.07) is 9.68. The molecule has 0 fully saturated rings. The molecule has 0 unspecified atom stereocenters. The molecule has 3 aromatic heterocycles. The number of pyridine rings is 1. The summed E-state index contributed by atoms with van der Waals surface area (Å²) in [5.41, 5.74) is 4.45. The van der Waals surface area contributed by atoms with E-state index in [1.807, 2.05) is 51.1 Å². The predicted molar refractivity (Wildman–Crippen MR) is 80.0 cm³/mol. The van der Waals surface area contributed by atoms with Gasteiger partial charge in [0.2, 0.25) is 0 Å². The first-order chi connectivity index (χ1) is 10.1. The van der Waals surface area contributed by atoms with Crippen molar-refractivity contribution in [3.8, 4) is 0 Å². The third-order valence-electron chi connectivity index (χ3n) is 2.92. The minimum atomic E-state index is 0.661. The molecule has 21 heavy (non-hydrogen) atoms. The fraction of sp³-hybridized carbons (Fsp3) is 0.188. The van der Waals surface area contributed by atoms with Gasteiger partial charge in [-0.3, -0.25) is 0 Å². The molecule has 0 spiro atoms. The van der Waals surface area contributed by atoms with Crippen LogP contribution in [0.5, 0.6) is 0 Å². The Morgan fingerprint density at radius 3 is 2.43 bits per heavy atom. The Kier molecular flexibility index (Phi) is 3.39. The van der Waals surface area contributed by atoms with E-state index in [4.69, 9.17) is 8.83 Å². The van der Waals surface area contributed by atoms with E-state index in [9.17, 15) is 0 Å². The van der Waals surface area contributed by atoms with Crippen LogP contribution in [0, 0.1) is 20.8 Å². The van der Waals surface area contributed by atoms with Crippen LogP contribution in [-0.4, -0.2) is 15.0 Å². The minimum Gasteiger partial charge on any atom is -0.441 e. The number of fused-ring (bicyclic) bond motifs is 2. The molecule has 0 aliphatic rings. The van der Waals surface area contributed by atoms with E-state index in [0.29, 0.717) is 11.5 Å². The van der Waals surface area contributed by atoms with E-state index < -0.39 is 0 Å². The highest BCUT2D eigenvalue weighted by atomic mass is 16.4. The van der Waals surface area contributed by atoms with Crippen molar-refractivity contribution >= 4 is 22.3 Å². The lowest BCUT2D eigenvalue weighted by Crippen LogP contribution is -1.72. The van der Waals surface area contributed by atoms with Crippen molar-refractivity contribution in [3.05, 3.63) is 53.9 Å². The number of rotatable bonds is 0. The number of hydrogen-bond acceptors (Lipinski definition) is 5. The third-order valence-corrected chi connectivity index (χ3v) is 2.92. The van der Waals surface area contributed by atoms with E-state index >= 15 is 0 Å². The van der Waals surface area contributed by atoms with Crippen molar-refractivity contribution in [3.63, 3.8) is 0 Å². The largest absolute Gasteiger partial charge is 0.441 e. The van der Waals surface area contributed by atoms with Gasteiger partial charge in [0.15, 0.2) is 28.6 Å². The van der Waals surface area contributed by atoms with E-state index in [-0.39, 0.29) is 0 Å². The Morgan fingerprint density at radius 1 is 0.857 bits per heavy atom. The quantitative estimate of drug-likeness (QED) is 0.488. The van der Waals surface area contributed by atoms with Gasteiger partial charge in [0.1, 0.15) is 5.52 Å². The lowest BCUT2D eigenvalue weighted by atomic mass is 10.2. The number of hydrogen-bond donors (Lipinski definition) is 0. The maximum Gasteiger partial charge on any atom is 0.198 e. The van der Waals surface area contributed by atoms with Crippen LogP contribution in [-0.2, 0) is 0 Å². The summed E-state index contributed by atoms with van der Waals surface area (Å²) < 4.78 is 10.5. The third kappa shape index (κ3) is 2.91. The molecule has 3 heterocycles. The van der Waals surface area contributed by atoms with Gasteiger partial charge in [-0.2, -0.15) is 4.98 Å². The van der Waals surface area contributed by atoms with Crippen LogP contribution < -0.4 is 0 Å². The molecule has 106 valence electrons. The summed E-state index contributed by atoms with van der Waals surface area (Å²) in [7, 11) is 0. The first kappa shape index (κ1) is 13.3. The van der Waals surface area contributed by atoms with E-state index in [2.05, 4.69) is 15.0 Å². The summed E-state index contributed by atoms with van der Waals surface area (Å²) in [6.07, 6.45) is 1.70. The number of nitrogens with zero attached hydrogens (tertiary/aromatic N) is 3. The molecule has 4 rings (SSSR count). The summed E-state index contributed by atoms with van der Waals surface area (Å²) in [5.74, 6) is 1.39. The molecular weight excluding hydrogens is 266 g/mol. The molecule has 0 radical (unpaired) electrons. The number of benzene rings is 1. The fourth-order valence-electron chi connectivity index (χ4n) is 2.02. The van der Waals surface area contributed by atoms with Gasteiger partial charge < -0.3 is 8.83 Å². The molecular formula is C16H15N3O2. The van der Waals surface area contributed by atoms with Crippen molar-refractivity contribution in [1.29, 1.82) is 0 Å². The molecule has 5 heteroatoms. The first-order valence-electron chi connectivity index (χ1n) is 6.64. The van der Waals surface area contributed by atoms with Crippen LogP contribution in [0.15, 0.2) is 45.4 Å². The second-order valence-electron chi connectivity index (χ2n) is 4.76. The Balaban J connectivity index is 0.000000126. The smallest absolute Gasteiger partial charge is 0.198 e. The van der Waals surface area contributed by atoms with Gasteiger partial charge >= 0.3 is 0 Å². The Morgan fingerprint density at radius 2 is 1.62 bits per heavy atom. The van der Waals surface area contributed by atoms with Crippen molar-refractivity contribution in [2.75, 3.05) is 0 Å². The normalized spacial score (nSPS) is 10.6. The highest BCUT2D eigenvalue weighted by Crippen LogP contribution is 2.15. The standard InChI is InChI=1S/C9H9NO.C7H6N2O/c1-6-3-4-8-9(5-6)11-7(2)10-8;1-5-9-7-6(10-5)3-2-4-8-7/h3-5H,1-2H3;2-4H,1H3. The lowest BCUT2D eigenvalue weighted by molar-refractivity contribution is 0.560. The minimum absolute atomic E-state index is 0.661. The van der Waals surface area contributed by atoms with E-state index in [0.717, 1.165) is 22.6 Å². The van der Waals surface area contributed by atoms with E-state index in [1.54, 1.807) is 6.20 Å². The number of aryl methyl sites for hydroxylation is 3. The van der Waals surface area contributed by atoms with Crippen LogP contribution in [0.3, 0.4) is 0 Å². The second-order valence-corrected chi connectivity index (χ2v) is 4.76. The van der Waals surface area contributed by atoms with Crippen molar-refractivity contribution in [1.82, 2.24) is 15.0 Å². The highest BCUT2D eigenvalue weighted by Gasteiger charge is 2.00. The molecule has 0 aliphatic carbocycles. The van der Waals surface area contributed by atoms with E-state index in [1.165, 1.54) is 5.56 Å². The molecule has 4 aromatic rings. The van der Waals surface area contributed by atoms with Gasteiger partial charge in [-0.15, -0.1) is 0 Å². The zero-order valence-corrected chi connectivity index (χ0v) is 12.1. The zero-order chi connectivity index (χ0) is 14.8.